The molecule has 1 N–H and O–H groups in total. The lowest BCUT2D eigenvalue weighted by Crippen LogP contribution is -2.67. The summed E-state index contributed by atoms with van der Waals surface area (Å²) < 4.78 is 56.5. The van der Waals surface area contributed by atoms with Gasteiger partial charge in [-0.15, -0.1) is 0 Å². The third kappa shape index (κ3) is 5.65. The number of aryl methyl sites for hydroxylation is 1. The van der Waals surface area contributed by atoms with Gasteiger partial charge in [0.1, 0.15) is 24.4 Å². The maximum absolute atomic E-state index is 13.4. The molecule has 10 heteroatoms. The van der Waals surface area contributed by atoms with E-state index in [9.17, 15) is 13.2 Å². The van der Waals surface area contributed by atoms with Crippen molar-refractivity contribution in [2.75, 3.05) is 13.7 Å². The van der Waals surface area contributed by atoms with Crippen LogP contribution in [0.15, 0.2) is 89.8 Å². The van der Waals surface area contributed by atoms with Crippen LogP contribution in [0.2, 0.25) is 0 Å². The third-order valence-corrected chi connectivity index (χ3v) is 7.85. The average Bonchev–Trinajstić information content (AvgIpc) is 2.95. The van der Waals surface area contributed by atoms with Crippen LogP contribution in [0.3, 0.4) is 0 Å². The number of ether oxygens (including phenoxy) is 4. The Labute approximate surface area is 221 Å². The first kappa shape index (κ1) is 26.5. The van der Waals surface area contributed by atoms with Crippen molar-refractivity contribution in [3.8, 4) is 0 Å². The highest BCUT2D eigenvalue weighted by Gasteiger charge is 2.53. The van der Waals surface area contributed by atoms with Crippen molar-refractivity contribution < 1.29 is 36.3 Å². The minimum Gasteiger partial charge on any atom is -0.354 e. The zero-order valence-electron chi connectivity index (χ0n) is 20.9. The molecular formula is C28H29NO8S. The Morgan fingerprint density at radius 2 is 1.58 bits per heavy atom. The summed E-state index contributed by atoms with van der Waals surface area (Å²) in [6, 6.07) is 23.1. The fourth-order valence-electron chi connectivity index (χ4n) is 4.55. The van der Waals surface area contributed by atoms with E-state index < -0.39 is 53.0 Å². The highest BCUT2D eigenvalue weighted by Crippen LogP contribution is 2.37. The van der Waals surface area contributed by atoms with Crippen LogP contribution < -0.4 is 5.32 Å². The molecule has 3 aromatic carbocycles. The highest BCUT2D eigenvalue weighted by atomic mass is 32.2. The van der Waals surface area contributed by atoms with Crippen LogP contribution >= 0.6 is 0 Å². The molecule has 2 heterocycles. The van der Waals surface area contributed by atoms with E-state index in [1.807, 2.05) is 37.3 Å². The molecule has 6 atom stereocenters. The number of benzene rings is 3. The zero-order chi connectivity index (χ0) is 26.7. The molecule has 0 aromatic heterocycles. The Morgan fingerprint density at radius 3 is 2.24 bits per heavy atom. The van der Waals surface area contributed by atoms with Crippen molar-refractivity contribution in [3.05, 3.63) is 102 Å². The van der Waals surface area contributed by atoms with Gasteiger partial charge in [0.2, 0.25) is 0 Å². The lowest BCUT2D eigenvalue weighted by Gasteiger charge is -2.48. The molecule has 0 saturated carbocycles. The van der Waals surface area contributed by atoms with Crippen molar-refractivity contribution in [1.29, 1.82) is 0 Å². The van der Waals surface area contributed by atoms with Gasteiger partial charge in [-0.1, -0.05) is 66.2 Å². The molecule has 0 bridgehead atoms. The van der Waals surface area contributed by atoms with Gasteiger partial charge < -0.3 is 24.3 Å². The lowest BCUT2D eigenvalue weighted by molar-refractivity contribution is -0.337. The fourth-order valence-corrected chi connectivity index (χ4v) is 5.65. The number of rotatable bonds is 7. The summed E-state index contributed by atoms with van der Waals surface area (Å²) in [6.07, 6.45) is -4.60. The van der Waals surface area contributed by atoms with Crippen molar-refractivity contribution in [2.45, 2.75) is 48.8 Å². The van der Waals surface area contributed by atoms with E-state index in [0.29, 0.717) is 5.56 Å². The van der Waals surface area contributed by atoms with Gasteiger partial charge in [0.05, 0.1) is 11.5 Å². The Hall–Kier alpha value is -3.12. The Kier molecular flexibility index (Phi) is 7.89. The Balaban J connectivity index is 1.50. The Morgan fingerprint density at radius 1 is 0.921 bits per heavy atom. The number of carbonyl (C=O) groups excluding carboxylic acids is 1. The highest BCUT2D eigenvalue weighted by molar-refractivity contribution is 7.86. The van der Waals surface area contributed by atoms with Gasteiger partial charge in [-0.05, 0) is 31.2 Å². The molecule has 2 fully saturated rings. The predicted molar refractivity (Wildman–Crippen MR) is 137 cm³/mol. The topological polar surface area (TPSA) is 109 Å². The summed E-state index contributed by atoms with van der Waals surface area (Å²) >= 11 is 0. The summed E-state index contributed by atoms with van der Waals surface area (Å²) in [5, 5.41) is 2.86. The maximum atomic E-state index is 13.4. The zero-order valence-corrected chi connectivity index (χ0v) is 21.7. The monoisotopic (exact) mass is 539 g/mol. The van der Waals surface area contributed by atoms with Crippen LogP contribution in [0.1, 0.15) is 27.8 Å². The number of hydrogen-bond donors (Lipinski definition) is 1. The van der Waals surface area contributed by atoms with Crippen LogP contribution in [0.25, 0.3) is 0 Å². The maximum Gasteiger partial charge on any atom is 0.297 e. The molecule has 0 aliphatic carbocycles. The number of hydrogen-bond acceptors (Lipinski definition) is 8. The summed E-state index contributed by atoms with van der Waals surface area (Å²) in [5.74, 6) is -0.437. The molecule has 5 rings (SSSR count). The van der Waals surface area contributed by atoms with Gasteiger partial charge >= 0.3 is 0 Å². The molecule has 200 valence electrons. The van der Waals surface area contributed by atoms with E-state index in [0.717, 1.165) is 11.1 Å². The largest absolute Gasteiger partial charge is 0.354 e. The number of fused-ring (bicyclic) bond motifs is 1. The molecule has 1 amide bonds. The molecule has 3 aromatic rings. The summed E-state index contributed by atoms with van der Waals surface area (Å²) in [5.41, 5.74) is 2.05. The standard InChI is InChI=1S/C28H29NO8S/c1-18-13-15-21(16-14-18)38(31,32)37-25-23(29-26(30)19-9-5-3-6-10-19)28(33-2)35-22-17-34-27(36-24(22)25)20-11-7-4-8-12-20/h3-16,22-25,27-28H,17H2,1-2H3,(H,29,30)/t22-,23-,24+,25-,27+,28-/m1/s1. The van der Waals surface area contributed by atoms with E-state index in [1.54, 1.807) is 42.5 Å². The van der Waals surface area contributed by atoms with E-state index in [2.05, 4.69) is 5.32 Å². The van der Waals surface area contributed by atoms with Crippen LogP contribution in [0, 0.1) is 6.92 Å². The SMILES string of the molecule is CO[C@@H]1O[C@@H]2CO[C@H](c3ccccc3)O[C@@H]2[C@H](OS(=O)(=O)c2ccc(C)cc2)[C@H]1NC(=O)c1ccccc1. The van der Waals surface area contributed by atoms with Gasteiger partial charge in [-0.3, -0.25) is 8.98 Å². The van der Waals surface area contributed by atoms with Crippen LogP contribution in [-0.2, 0) is 33.2 Å². The predicted octanol–water partition coefficient (Wildman–Crippen LogP) is 3.35. The fraction of sp³-hybridized carbons (Fsp3) is 0.321. The van der Waals surface area contributed by atoms with Gasteiger partial charge in [0.25, 0.3) is 16.0 Å². The average molecular weight is 540 g/mol. The molecule has 9 nitrogen and oxygen atoms in total. The van der Waals surface area contributed by atoms with E-state index in [-0.39, 0.29) is 11.5 Å². The molecule has 0 unspecified atom stereocenters. The second-order valence-corrected chi connectivity index (χ2v) is 10.7. The third-order valence-electron chi connectivity index (χ3n) is 6.52. The van der Waals surface area contributed by atoms with Gasteiger partial charge in [0.15, 0.2) is 12.6 Å². The van der Waals surface area contributed by atoms with Crippen molar-refractivity contribution >= 4 is 16.0 Å². The van der Waals surface area contributed by atoms with Gasteiger partial charge in [-0.25, -0.2) is 0 Å². The molecule has 38 heavy (non-hydrogen) atoms. The van der Waals surface area contributed by atoms with Crippen LogP contribution in [-0.4, -0.2) is 58.7 Å². The van der Waals surface area contributed by atoms with Crippen LogP contribution in [0.5, 0.6) is 0 Å². The molecular weight excluding hydrogens is 510 g/mol. The van der Waals surface area contributed by atoms with E-state index in [1.165, 1.54) is 19.2 Å². The van der Waals surface area contributed by atoms with Crippen molar-refractivity contribution in [2.24, 2.45) is 0 Å². The number of nitrogens with one attached hydrogen (secondary N) is 1. The summed E-state index contributed by atoms with van der Waals surface area (Å²) in [7, 11) is -2.85. The molecule has 0 radical (unpaired) electrons. The Bertz CT molecular complexity index is 1330. The number of amides is 1. The van der Waals surface area contributed by atoms with Gasteiger partial charge in [0, 0.05) is 18.2 Å². The first-order valence-corrected chi connectivity index (χ1v) is 13.6. The minimum atomic E-state index is -4.26. The number of carbonyl (C=O) groups is 1. The van der Waals surface area contributed by atoms with Gasteiger partial charge in [-0.2, -0.15) is 8.42 Å². The summed E-state index contributed by atoms with van der Waals surface area (Å²) in [6.45, 7) is 1.96. The van der Waals surface area contributed by atoms with Crippen LogP contribution in [0.4, 0.5) is 0 Å². The van der Waals surface area contributed by atoms with E-state index in [4.69, 9.17) is 23.1 Å². The summed E-state index contributed by atoms with van der Waals surface area (Å²) in [4.78, 5) is 13.1. The smallest absolute Gasteiger partial charge is 0.297 e. The first-order valence-electron chi connectivity index (χ1n) is 12.2. The number of methoxy groups -OCH3 is 1. The molecule has 2 aliphatic heterocycles. The quantitative estimate of drug-likeness (QED) is 0.456. The van der Waals surface area contributed by atoms with Crippen molar-refractivity contribution in [3.63, 3.8) is 0 Å². The minimum absolute atomic E-state index is 0.0140. The second kappa shape index (κ2) is 11.3. The molecule has 2 aliphatic rings. The molecule has 0 spiro atoms. The van der Waals surface area contributed by atoms with Crippen molar-refractivity contribution in [1.82, 2.24) is 5.32 Å². The molecule has 2 saturated heterocycles. The normalized spacial score (nSPS) is 27.3. The second-order valence-electron chi connectivity index (χ2n) is 9.15. The van der Waals surface area contributed by atoms with E-state index >= 15 is 0 Å². The lowest BCUT2D eigenvalue weighted by atomic mass is 9.95. The first-order chi connectivity index (χ1) is 18.4.